The molecule has 0 radical (unpaired) electrons. The summed E-state index contributed by atoms with van der Waals surface area (Å²) in [5, 5.41) is 11.2. The number of amides is 1. The summed E-state index contributed by atoms with van der Waals surface area (Å²) in [7, 11) is 0. The first kappa shape index (κ1) is 13.8. The standard InChI is InChI=1S/C13H16N2O3/c1-2-11(13(17)18)15-12(16)7-6-9-4-3-5-10(14)8-9/h3-8,11H,2,14H2,1H3,(H,15,16)(H,17,18)/b7-6+. The van der Waals surface area contributed by atoms with E-state index < -0.39 is 17.9 Å². The van der Waals surface area contributed by atoms with E-state index in [9.17, 15) is 9.59 Å². The zero-order chi connectivity index (χ0) is 13.5. The van der Waals surface area contributed by atoms with E-state index in [4.69, 9.17) is 10.8 Å². The van der Waals surface area contributed by atoms with Gasteiger partial charge in [0.05, 0.1) is 0 Å². The Bertz CT molecular complexity index is 469. The van der Waals surface area contributed by atoms with Gasteiger partial charge in [0.15, 0.2) is 0 Å². The second-order valence-corrected chi connectivity index (χ2v) is 3.81. The average molecular weight is 248 g/mol. The third-order valence-electron chi connectivity index (χ3n) is 2.36. The van der Waals surface area contributed by atoms with Crippen LogP contribution >= 0.6 is 0 Å². The molecule has 96 valence electrons. The van der Waals surface area contributed by atoms with Gasteiger partial charge >= 0.3 is 5.97 Å². The van der Waals surface area contributed by atoms with Gasteiger partial charge in [-0.25, -0.2) is 4.79 Å². The topological polar surface area (TPSA) is 92.4 Å². The molecule has 1 aromatic rings. The number of nitrogen functional groups attached to an aromatic ring is 1. The number of hydrogen-bond donors (Lipinski definition) is 3. The molecule has 1 unspecified atom stereocenters. The second kappa shape index (κ2) is 6.44. The van der Waals surface area contributed by atoms with Gasteiger partial charge < -0.3 is 16.2 Å². The van der Waals surface area contributed by atoms with Crippen LogP contribution in [0.15, 0.2) is 30.3 Å². The van der Waals surface area contributed by atoms with Crippen LogP contribution in [-0.4, -0.2) is 23.0 Å². The number of nitrogens with one attached hydrogen (secondary N) is 1. The minimum atomic E-state index is -1.04. The number of carbonyl (C=O) groups excluding carboxylic acids is 1. The Hall–Kier alpha value is -2.30. The molecule has 0 aliphatic rings. The summed E-state index contributed by atoms with van der Waals surface area (Å²) in [6.07, 6.45) is 3.22. The number of carbonyl (C=O) groups is 2. The Morgan fingerprint density at radius 3 is 2.78 bits per heavy atom. The predicted molar refractivity (Wildman–Crippen MR) is 69.7 cm³/mol. The van der Waals surface area contributed by atoms with Gasteiger partial charge in [-0.3, -0.25) is 4.79 Å². The summed E-state index contributed by atoms with van der Waals surface area (Å²) in [6.45, 7) is 1.70. The lowest BCUT2D eigenvalue weighted by molar-refractivity contribution is -0.141. The van der Waals surface area contributed by atoms with Crippen LogP contribution in [0.3, 0.4) is 0 Å². The van der Waals surface area contributed by atoms with Crippen molar-refractivity contribution < 1.29 is 14.7 Å². The first-order valence-corrected chi connectivity index (χ1v) is 5.60. The van der Waals surface area contributed by atoms with Gasteiger partial charge in [-0.2, -0.15) is 0 Å². The Morgan fingerprint density at radius 1 is 1.50 bits per heavy atom. The third-order valence-corrected chi connectivity index (χ3v) is 2.36. The van der Waals surface area contributed by atoms with Crippen molar-refractivity contribution in [2.24, 2.45) is 0 Å². The zero-order valence-corrected chi connectivity index (χ0v) is 10.1. The first-order valence-electron chi connectivity index (χ1n) is 5.60. The molecule has 1 atom stereocenters. The van der Waals surface area contributed by atoms with Crippen LogP contribution < -0.4 is 11.1 Å². The fourth-order valence-electron chi connectivity index (χ4n) is 1.39. The molecule has 0 heterocycles. The number of rotatable bonds is 5. The normalized spacial score (nSPS) is 12.3. The Balaban J connectivity index is 2.62. The van der Waals surface area contributed by atoms with E-state index in [0.717, 1.165) is 5.56 Å². The van der Waals surface area contributed by atoms with Crippen LogP contribution in [0.2, 0.25) is 0 Å². The van der Waals surface area contributed by atoms with Gasteiger partial charge in [0.1, 0.15) is 6.04 Å². The van der Waals surface area contributed by atoms with Crippen LogP contribution in [-0.2, 0) is 9.59 Å². The van der Waals surface area contributed by atoms with Crippen LogP contribution in [0.4, 0.5) is 5.69 Å². The Labute approximate surface area is 105 Å². The van der Waals surface area contributed by atoms with Crippen molar-refractivity contribution in [1.82, 2.24) is 5.32 Å². The number of nitrogens with two attached hydrogens (primary N) is 1. The van der Waals surface area contributed by atoms with E-state index in [2.05, 4.69) is 5.32 Å². The van der Waals surface area contributed by atoms with E-state index in [0.29, 0.717) is 12.1 Å². The maximum absolute atomic E-state index is 11.5. The molecular weight excluding hydrogens is 232 g/mol. The van der Waals surface area contributed by atoms with Crippen LogP contribution in [0, 0.1) is 0 Å². The molecule has 0 fully saturated rings. The largest absolute Gasteiger partial charge is 0.480 e. The SMILES string of the molecule is CCC(NC(=O)/C=C/c1cccc(N)c1)C(=O)O. The summed E-state index contributed by atoms with van der Waals surface area (Å²) >= 11 is 0. The lowest BCUT2D eigenvalue weighted by Gasteiger charge is -2.09. The van der Waals surface area contributed by atoms with E-state index in [1.807, 2.05) is 0 Å². The Kier molecular flexibility index (Phi) is 4.92. The number of carboxylic acids is 1. The molecular formula is C13H16N2O3. The maximum Gasteiger partial charge on any atom is 0.326 e. The third kappa shape index (κ3) is 4.29. The van der Waals surface area contributed by atoms with Crippen LogP contribution in [0.1, 0.15) is 18.9 Å². The smallest absolute Gasteiger partial charge is 0.326 e. The fourth-order valence-corrected chi connectivity index (χ4v) is 1.39. The van der Waals surface area contributed by atoms with Crippen LogP contribution in [0.5, 0.6) is 0 Å². The molecule has 0 aromatic heterocycles. The number of hydrogen-bond acceptors (Lipinski definition) is 3. The molecule has 1 rings (SSSR count). The summed E-state index contributed by atoms with van der Waals surface area (Å²) < 4.78 is 0. The minimum Gasteiger partial charge on any atom is -0.480 e. The van der Waals surface area contributed by atoms with Gasteiger partial charge in [-0.15, -0.1) is 0 Å². The summed E-state index contributed by atoms with van der Waals surface area (Å²) in [5.41, 5.74) is 6.99. The summed E-state index contributed by atoms with van der Waals surface area (Å²) in [4.78, 5) is 22.2. The van der Waals surface area contributed by atoms with Crippen molar-refractivity contribution in [2.75, 3.05) is 5.73 Å². The van der Waals surface area contributed by atoms with Gasteiger partial charge in [0.2, 0.25) is 5.91 Å². The second-order valence-electron chi connectivity index (χ2n) is 3.81. The highest BCUT2D eigenvalue weighted by molar-refractivity contribution is 5.94. The number of benzene rings is 1. The molecule has 4 N–H and O–H groups in total. The summed E-state index contributed by atoms with van der Waals surface area (Å²) in [5.74, 6) is -1.48. The molecule has 0 bridgehead atoms. The molecule has 1 amide bonds. The van der Waals surface area contributed by atoms with E-state index in [1.165, 1.54) is 6.08 Å². The highest BCUT2D eigenvalue weighted by Crippen LogP contribution is 2.07. The van der Waals surface area contributed by atoms with Crippen molar-refractivity contribution in [3.8, 4) is 0 Å². The lowest BCUT2D eigenvalue weighted by Crippen LogP contribution is -2.39. The molecule has 18 heavy (non-hydrogen) atoms. The van der Waals surface area contributed by atoms with Crippen molar-refractivity contribution in [2.45, 2.75) is 19.4 Å². The molecule has 0 aliphatic heterocycles. The Morgan fingerprint density at radius 2 is 2.22 bits per heavy atom. The van der Waals surface area contributed by atoms with Crippen molar-refractivity contribution in [3.63, 3.8) is 0 Å². The van der Waals surface area contributed by atoms with Crippen molar-refractivity contribution in [1.29, 1.82) is 0 Å². The molecule has 0 saturated carbocycles. The average Bonchev–Trinajstić information content (AvgIpc) is 2.33. The number of carboxylic acid groups (broad SMARTS) is 1. The quantitative estimate of drug-likeness (QED) is 0.540. The molecule has 1 aromatic carbocycles. The number of aliphatic carboxylic acids is 1. The lowest BCUT2D eigenvalue weighted by atomic mass is 10.2. The van der Waals surface area contributed by atoms with E-state index in [1.54, 1.807) is 37.3 Å². The summed E-state index contributed by atoms with van der Waals surface area (Å²) in [6, 6.07) is 6.18. The zero-order valence-electron chi connectivity index (χ0n) is 10.1. The monoisotopic (exact) mass is 248 g/mol. The maximum atomic E-state index is 11.5. The molecule has 0 spiro atoms. The minimum absolute atomic E-state index is 0.340. The molecule has 0 saturated heterocycles. The van der Waals surface area contributed by atoms with Crippen molar-refractivity contribution in [3.05, 3.63) is 35.9 Å². The molecule has 5 nitrogen and oxygen atoms in total. The van der Waals surface area contributed by atoms with E-state index >= 15 is 0 Å². The van der Waals surface area contributed by atoms with Gasteiger partial charge in [0.25, 0.3) is 0 Å². The van der Waals surface area contributed by atoms with Crippen molar-refractivity contribution >= 4 is 23.6 Å². The number of anilines is 1. The van der Waals surface area contributed by atoms with E-state index in [-0.39, 0.29) is 0 Å². The van der Waals surface area contributed by atoms with Gasteiger partial charge in [-0.05, 0) is 30.2 Å². The first-order chi connectivity index (χ1) is 8.52. The molecule has 0 aliphatic carbocycles. The van der Waals surface area contributed by atoms with Gasteiger partial charge in [-0.1, -0.05) is 19.1 Å². The highest BCUT2D eigenvalue weighted by atomic mass is 16.4. The van der Waals surface area contributed by atoms with Gasteiger partial charge in [0, 0.05) is 11.8 Å². The fraction of sp³-hybridized carbons (Fsp3) is 0.231. The molecule has 5 heteroatoms. The predicted octanol–water partition coefficient (Wildman–Crippen LogP) is 1.26. The van der Waals surface area contributed by atoms with Crippen LogP contribution in [0.25, 0.3) is 6.08 Å². The highest BCUT2D eigenvalue weighted by Gasteiger charge is 2.15.